The molecule has 0 bridgehead atoms. The third kappa shape index (κ3) is 3.88. The molecule has 0 fully saturated rings. The van der Waals surface area contributed by atoms with E-state index in [1.54, 1.807) is 0 Å². The van der Waals surface area contributed by atoms with Gasteiger partial charge >= 0.3 is 0 Å². The van der Waals surface area contributed by atoms with E-state index < -0.39 is 0 Å². The maximum Gasteiger partial charge on any atom is 0.227 e. The fourth-order valence-corrected chi connectivity index (χ4v) is 2.92. The lowest BCUT2D eigenvalue weighted by Gasteiger charge is -2.27. The molecule has 2 atom stereocenters. The van der Waals surface area contributed by atoms with Crippen molar-refractivity contribution in [3.63, 3.8) is 0 Å². The van der Waals surface area contributed by atoms with E-state index in [0.29, 0.717) is 13.2 Å². The summed E-state index contributed by atoms with van der Waals surface area (Å²) in [7, 11) is 0. The summed E-state index contributed by atoms with van der Waals surface area (Å²) in [5.74, 6) is 1.42. The van der Waals surface area contributed by atoms with E-state index >= 15 is 0 Å². The largest absolute Gasteiger partial charge is 0.486 e. The van der Waals surface area contributed by atoms with E-state index in [2.05, 4.69) is 12.2 Å². The van der Waals surface area contributed by atoms with Crippen molar-refractivity contribution in [1.82, 2.24) is 5.32 Å². The first-order chi connectivity index (χ1) is 11.8. The first-order valence-corrected chi connectivity index (χ1v) is 8.49. The highest BCUT2D eigenvalue weighted by molar-refractivity contribution is 5.83. The lowest BCUT2D eigenvalue weighted by molar-refractivity contribution is -0.123. The molecule has 0 saturated carbocycles. The molecule has 0 radical (unpaired) electrons. The zero-order valence-corrected chi connectivity index (χ0v) is 13.9. The predicted molar refractivity (Wildman–Crippen MR) is 93.5 cm³/mol. The van der Waals surface area contributed by atoms with Crippen molar-refractivity contribution in [3.8, 4) is 11.5 Å². The number of carbonyl (C=O) groups is 1. The highest BCUT2D eigenvalue weighted by atomic mass is 16.6. The van der Waals surface area contributed by atoms with Crippen molar-refractivity contribution in [2.75, 3.05) is 13.2 Å². The van der Waals surface area contributed by atoms with Crippen LogP contribution in [0.25, 0.3) is 0 Å². The summed E-state index contributed by atoms with van der Waals surface area (Å²) in [5.41, 5.74) is 1.06. The van der Waals surface area contributed by atoms with Gasteiger partial charge in [0.05, 0.1) is 12.5 Å². The Hall–Kier alpha value is -2.49. The van der Waals surface area contributed by atoms with Gasteiger partial charge in [0.15, 0.2) is 11.5 Å². The Morgan fingerprint density at radius 2 is 1.83 bits per heavy atom. The van der Waals surface area contributed by atoms with Crippen LogP contribution in [0.5, 0.6) is 11.5 Å². The molecule has 0 spiro atoms. The normalized spacial score (nSPS) is 17.1. The van der Waals surface area contributed by atoms with Crippen LogP contribution < -0.4 is 14.8 Å². The van der Waals surface area contributed by atoms with Gasteiger partial charge in [-0.05, 0) is 24.1 Å². The third-order valence-corrected chi connectivity index (χ3v) is 4.17. The maximum absolute atomic E-state index is 12.6. The molecule has 1 amide bonds. The summed E-state index contributed by atoms with van der Waals surface area (Å²) in [6, 6.07) is 17.5. The van der Waals surface area contributed by atoms with Gasteiger partial charge in [-0.2, -0.15) is 0 Å². The predicted octanol–water partition coefficient (Wildman–Crippen LogP) is 3.53. The lowest BCUT2D eigenvalue weighted by atomic mass is 9.93. The van der Waals surface area contributed by atoms with Crippen LogP contribution in [0.1, 0.15) is 31.2 Å². The van der Waals surface area contributed by atoms with Crippen LogP contribution in [0.15, 0.2) is 54.6 Å². The number of carbonyl (C=O) groups excluding carboxylic acids is 1. The van der Waals surface area contributed by atoms with Gasteiger partial charge in [-0.1, -0.05) is 55.8 Å². The van der Waals surface area contributed by atoms with Crippen molar-refractivity contribution in [2.24, 2.45) is 0 Å². The molecule has 1 heterocycles. The lowest BCUT2D eigenvalue weighted by Crippen LogP contribution is -2.42. The number of hydrogen-bond acceptors (Lipinski definition) is 3. The second kappa shape index (κ2) is 7.86. The average Bonchev–Trinajstić information content (AvgIpc) is 2.64. The van der Waals surface area contributed by atoms with Crippen LogP contribution in [-0.2, 0) is 4.79 Å². The molecule has 0 aromatic heterocycles. The molecule has 3 rings (SSSR count). The first-order valence-electron chi connectivity index (χ1n) is 8.49. The van der Waals surface area contributed by atoms with Gasteiger partial charge in [0, 0.05) is 0 Å². The van der Waals surface area contributed by atoms with Crippen molar-refractivity contribution in [3.05, 3.63) is 60.2 Å². The van der Waals surface area contributed by atoms with E-state index in [1.165, 1.54) is 0 Å². The summed E-state index contributed by atoms with van der Waals surface area (Å²) < 4.78 is 11.6. The Kier molecular flexibility index (Phi) is 5.36. The van der Waals surface area contributed by atoms with Crippen molar-refractivity contribution >= 4 is 5.91 Å². The third-order valence-electron chi connectivity index (χ3n) is 4.17. The molecule has 1 aliphatic heterocycles. The number of fused-ring (bicyclic) bond motifs is 1. The summed E-state index contributed by atoms with van der Waals surface area (Å²) in [4.78, 5) is 12.6. The number of para-hydroxylation sites is 2. The Bertz CT molecular complexity index is 672. The summed E-state index contributed by atoms with van der Waals surface area (Å²) >= 11 is 0. The zero-order chi connectivity index (χ0) is 16.8. The fourth-order valence-electron chi connectivity index (χ4n) is 2.92. The number of hydrogen-bond donors (Lipinski definition) is 1. The topological polar surface area (TPSA) is 47.6 Å². The SMILES string of the molecule is CCC[C@H](C(=O)NC[C@@H]1COc2ccccc2O1)c1ccccc1. The first kappa shape index (κ1) is 16.4. The van der Waals surface area contributed by atoms with E-state index in [1.807, 2.05) is 54.6 Å². The highest BCUT2D eigenvalue weighted by Crippen LogP contribution is 2.30. The average molecular weight is 325 g/mol. The van der Waals surface area contributed by atoms with E-state index in [4.69, 9.17) is 9.47 Å². The summed E-state index contributed by atoms with van der Waals surface area (Å²) in [6.45, 7) is 2.99. The number of rotatable bonds is 6. The minimum absolute atomic E-state index is 0.0468. The molecule has 4 heteroatoms. The van der Waals surface area contributed by atoms with Crippen LogP contribution in [0.3, 0.4) is 0 Å². The van der Waals surface area contributed by atoms with Crippen LogP contribution >= 0.6 is 0 Å². The van der Waals surface area contributed by atoms with Crippen LogP contribution in [-0.4, -0.2) is 25.2 Å². The van der Waals surface area contributed by atoms with Gasteiger partial charge in [0.1, 0.15) is 12.7 Å². The van der Waals surface area contributed by atoms with Crippen molar-refractivity contribution in [2.45, 2.75) is 31.8 Å². The Balaban J connectivity index is 1.58. The molecule has 2 aromatic rings. The molecule has 1 aliphatic rings. The standard InChI is InChI=1S/C20H23NO3/c1-2-8-17(15-9-4-3-5-10-15)20(22)21-13-16-14-23-18-11-6-7-12-19(18)24-16/h3-7,9-12,16-17H,2,8,13-14H2,1H3,(H,21,22)/t16-,17+/m1/s1. The zero-order valence-electron chi connectivity index (χ0n) is 13.9. The van der Waals surface area contributed by atoms with Gasteiger partial charge in [-0.3, -0.25) is 4.79 Å². The molecule has 126 valence electrons. The fraction of sp³-hybridized carbons (Fsp3) is 0.350. The Labute approximate surface area is 142 Å². The van der Waals surface area contributed by atoms with Gasteiger partial charge < -0.3 is 14.8 Å². The van der Waals surface area contributed by atoms with Crippen LogP contribution in [0, 0.1) is 0 Å². The smallest absolute Gasteiger partial charge is 0.227 e. The molecule has 0 aliphatic carbocycles. The number of ether oxygens (including phenoxy) is 2. The minimum Gasteiger partial charge on any atom is -0.486 e. The maximum atomic E-state index is 12.6. The number of nitrogens with one attached hydrogen (secondary N) is 1. The number of amides is 1. The summed E-state index contributed by atoms with van der Waals surface area (Å²) in [5, 5.41) is 3.02. The quantitative estimate of drug-likeness (QED) is 0.884. The van der Waals surface area contributed by atoms with E-state index in [9.17, 15) is 4.79 Å². The van der Waals surface area contributed by atoms with Gasteiger partial charge in [-0.15, -0.1) is 0 Å². The Morgan fingerprint density at radius 3 is 2.58 bits per heavy atom. The van der Waals surface area contributed by atoms with Gasteiger partial charge in [0.25, 0.3) is 0 Å². The molecule has 4 nitrogen and oxygen atoms in total. The molecule has 24 heavy (non-hydrogen) atoms. The van der Waals surface area contributed by atoms with E-state index in [0.717, 1.165) is 29.9 Å². The molecule has 0 saturated heterocycles. The molecule has 1 N–H and O–H groups in total. The van der Waals surface area contributed by atoms with Crippen molar-refractivity contribution < 1.29 is 14.3 Å². The van der Waals surface area contributed by atoms with Gasteiger partial charge in [-0.25, -0.2) is 0 Å². The monoisotopic (exact) mass is 325 g/mol. The number of benzene rings is 2. The van der Waals surface area contributed by atoms with Crippen LogP contribution in [0.2, 0.25) is 0 Å². The Morgan fingerprint density at radius 1 is 1.12 bits per heavy atom. The molecular formula is C20H23NO3. The molecule has 0 unspecified atom stereocenters. The van der Waals surface area contributed by atoms with Gasteiger partial charge in [0.2, 0.25) is 5.91 Å². The summed E-state index contributed by atoms with van der Waals surface area (Å²) in [6.07, 6.45) is 1.63. The second-order valence-electron chi connectivity index (χ2n) is 5.99. The van der Waals surface area contributed by atoms with Crippen LogP contribution in [0.4, 0.5) is 0 Å². The molecular weight excluding hydrogens is 302 g/mol. The highest BCUT2D eigenvalue weighted by Gasteiger charge is 2.24. The van der Waals surface area contributed by atoms with E-state index in [-0.39, 0.29) is 17.9 Å². The minimum atomic E-state index is -0.165. The second-order valence-corrected chi connectivity index (χ2v) is 5.99. The van der Waals surface area contributed by atoms with Crippen molar-refractivity contribution in [1.29, 1.82) is 0 Å². The molecule has 2 aromatic carbocycles.